The predicted octanol–water partition coefficient (Wildman–Crippen LogP) is 7.73. The third-order valence-corrected chi connectivity index (χ3v) is 6.61. The number of piperidine rings is 1. The fourth-order valence-corrected chi connectivity index (χ4v) is 4.90. The maximum absolute atomic E-state index is 13.6. The Morgan fingerprint density at radius 3 is 2.29 bits per heavy atom. The van der Waals surface area contributed by atoms with E-state index in [1.165, 1.54) is 6.42 Å². The number of imidazole rings is 1. The molecule has 10 heteroatoms. The van der Waals surface area contributed by atoms with Crippen LogP contribution in [0.1, 0.15) is 69.3 Å². The molecule has 6 nitrogen and oxygen atoms in total. The molecule has 0 amide bonds. The molecule has 1 aliphatic rings. The average Bonchev–Trinajstić information content (AvgIpc) is 3.30. The summed E-state index contributed by atoms with van der Waals surface area (Å²) in [4.78, 5) is 30.1. The van der Waals surface area contributed by atoms with Gasteiger partial charge in [0.2, 0.25) is 0 Å². The maximum Gasteiger partial charge on any atom is 0.306 e. The normalized spacial score (nSPS) is 15.1. The van der Waals surface area contributed by atoms with E-state index in [0.717, 1.165) is 11.1 Å². The Hall–Kier alpha value is -2.71. The van der Waals surface area contributed by atoms with E-state index in [9.17, 15) is 13.6 Å². The standard InChI is InChI=1S/C24H25Cl2F2N3O2.C3H8.CH2O/c1-3-33-19(32)12-16(15-6-4-14(2)5-7-15)23-29-18-13-17(25)22(20(26)21(18)30-23)31-10-8-24(27,28)9-11-31;1-3-2;1-2/h4-7,13,16H,3,8-12H2,1-2H3,(H,29,30);3H2,1-2H3;1H2. The maximum atomic E-state index is 13.6. The van der Waals surface area contributed by atoms with Gasteiger partial charge in [0.15, 0.2) is 0 Å². The van der Waals surface area contributed by atoms with Crippen LogP contribution in [0.2, 0.25) is 10.0 Å². The number of carbonyl (C=O) groups is 2. The predicted molar refractivity (Wildman–Crippen MR) is 150 cm³/mol. The molecule has 38 heavy (non-hydrogen) atoms. The lowest BCUT2D eigenvalue weighted by Gasteiger charge is -2.34. The highest BCUT2D eigenvalue weighted by molar-refractivity contribution is 6.42. The van der Waals surface area contributed by atoms with Gasteiger partial charge in [-0.15, -0.1) is 0 Å². The first-order chi connectivity index (χ1) is 18.1. The lowest BCUT2D eigenvalue weighted by Crippen LogP contribution is -2.39. The number of ether oxygens (including phenoxy) is 1. The summed E-state index contributed by atoms with van der Waals surface area (Å²) in [5.41, 5.74) is 3.63. The molecule has 0 bridgehead atoms. The molecule has 1 atom stereocenters. The van der Waals surface area contributed by atoms with Crippen LogP contribution in [0, 0.1) is 6.92 Å². The number of alkyl halides is 2. The van der Waals surface area contributed by atoms with E-state index in [4.69, 9.17) is 37.7 Å². The number of H-pyrrole nitrogens is 1. The molecular formula is C28H35Cl2F2N3O3. The van der Waals surface area contributed by atoms with Crippen molar-refractivity contribution in [3.8, 4) is 0 Å². The van der Waals surface area contributed by atoms with E-state index in [0.29, 0.717) is 39.2 Å². The van der Waals surface area contributed by atoms with Crippen LogP contribution < -0.4 is 4.90 Å². The zero-order chi connectivity index (χ0) is 28.5. The first-order valence-electron chi connectivity index (χ1n) is 12.6. The molecule has 1 N–H and O–H groups in total. The van der Waals surface area contributed by atoms with E-state index >= 15 is 0 Å². The highest BCUT2D eigenvalue weighted by Gasteiger charge is 2.35. The molecule has 4 rings (SSSR count). The minimum Gasteiger partial charge on any atom is -0.466 e. The second-order valence-electron chi connectivity index (χ2n) is 9.06. The zero-order valence-electron chi connectivity index (χ0n) is 22.3. The Balaban J connectivity index is 0.000000947. The number of hydrogen-bond acceptors (Lipinski definition) is 5. The number of aryl methyl sites for hydroxylation is 1. The minimum absolute atomic E-state index is 0.107. The van der Waals surface area contributed by atoms with Gasteiger partial charge in [0.05, 0.1) is 40.2 Å². The second-order valence-corrected chi connectivity index (χ2v) is 9.85. The molecule has 1 saturated heterocycles. The summed E-state index contributed by atoms with van der Waals surface area (Å²) in [6, 6.07) is 9.58. The third kappa shape index (κ3) is 7.90. The van der Waals surface area contributed by atoms with Crippen molar-refractivity contribution < 1.29 is 23.1 Å². The number of aromatic nitrogens is 2. The lowest BCUT2D eigenvalue weighted by atomic mass is 9.94. The summed E-state index contributed by atoms with van der Waals surface area (Å²) >= 11 is 13.2. The number of anilines is 1. The Morgan fingerprint density at radius 2 is 1.74 bits per heavy atom. The first-order valence-corrected chi connectivity index (χ1v) is 13.4. The van der Waals surface area contributed by atoms with Gasteiger partial charge in [0.25, 0.3) is 5.92 Å². The summed E-state index contributed by atoms with van der Waals surface area (Å²) in [5.74, 6) is -2.82. The molecule has 0 saturated carbocycles. The molecule has 0 spiro atoms. The van der Waals surface area contributed by atoms with E-state index in [2.05, 4.69) is 18.8 Å². The number of fused-ring (bicyclic) bond motifs is 1. The van der Waals surface area contributed by atoms with Gasteiger partial charge in [0, 0.05) is 25.9 Å². The average molecular weight is 571 g/mol. The third-order valence-electron chi connectivity index (χ3n) is 5.96. The molecule has 1 fully saturated rings. The number of esters is 1. The summed E-state index contributed by atoms with van der Waals surface area (Å²) in [6.45, 7) is 10.6. The molecule has 1 aliphatic heterocycles. The molecule has 3 aromatic rings. The van der Waals surface area contributed by atoms with Gasteiger partial charge in [-0.3, -0.25) is 4.79 Å². The van der Waals surface area contributed by atoms with Crippen LogP contribution in [-0.4, -0.2) is 48.3 Å². The van der Waals surface area contributed by atoms with E-state index in [1.54, 1.807) is 17.9 Å². The van der Waals surface area contributed by atoms with Gasteiger partial charge >= 0.3 is 5.97 Å². The van der Waals surface area contributed by atoms with Gasteiger partial charge in [-0.2, -0.15) is 0 Å². The van der Waals surface area contributed by atoms with Crippen LogP contribution in [0.5, 0.6) is 0 Å². The number of nitrogens with one attached hydrogen (secondary N) is 1. The molecule has 1 aromatic heterocycles. The first kappa shape index (κ1) is 31.5. The highest BCUT2D eigenvalue weighted by atomic mass is 35.5. The zero-order valence-corrected chi connectivity index (χ0v) is 23.8. The van der Waals surface area contributed by atoms with Gasteiger partial charge in [-0.05, 0) is 25.5 Å². The summed E-state index contributed by atoms with van der Waals surface area (Å²) in [7, 11) is 0. The Morgan fingerprint density at radius 1 is 1.16 bits per heavy atom. The van der Waals surface area contributed by atoms with Crippen molar-refractivity contribution in [3.63, 3.8) is 0 Å². The summed E-state index contributed by atoms with van der Waals surface area (Å²) in [5, 5.41) is 0.675. The number of rotatable bonds is 6. The molecule has 2 heterocycles. The van der Waals surface area contributed by atoms with Crippen LogP contribution in [0.3, 0.4) is 0 Å². The van der Waals surface area contributed by atoms with Gasteiger partial charge in [-0.1, -0.05) is 73.3 Å². The van der Waals surface area contributed by atoms with Crippen LogP contribution >= 0.6 is 23.2 Å². The van der Waals surface area contributed by atoms with E-state index in [1.807, 2.05) is 38.0 Å². The lowest BCUT2D eigenvalue weighted by molar-refractivity contribution is -0.143. The largest absolute Gasteiger partial charge is 0.466 e. The number of aromatic amines is 1. The number of hydrogen-bond donors (Lipinski definition) is 1. The number of halogens is 4. The second kappa shape index (κ2) is 14.4. The van der Waals surface area contributed by atoms with Crippen LogP contribution in [0.4, 0.5) is 14.5 Å². The van der Waals surface area contributed by atoms with Crippen LogP contribution in [0.25, 0.3) is 11.0 Å². The Labute approximate surface area is 232 Å². The van der Waals surface area contributed by atoms with Crippen molar-refractivity contribution in [1.82, 2.24) is 9.97 Å². The van der Waals surface area contributed by atoms with Crippen LogP contribution in [-0.2, 0) is 14.3 Å². The van der Waals surface area contributed by atoms with Crippen molar-refractivity contribution in [2.45, 2.75) is 65.2 Å². The Bertz CT molecular complexity index is 1190. The molecule has 1 unspecified atom stereocenters. The molecular weight excluding hydrogens is 535 g/mol. The van der Waals surface area contributed by atoms with Crippen molar-refractivity contribution >= 4 is 52.7 Å². The topological polar surface area (TPSA) is 75.3 Å². The van der Waals surface area contributed by atoms with Crippen molar-refractivity contribution in [1.29, 1.82) is 0 Å². The van der Waals surface area contributed by atoms with Crippen LogP contribution in [0.15, 0.2) is 30.3 Å². The quantitative estimate of drug-likeness (QED) is 0.307. The molecule has 208 valence electrons. The molecule has 0 aliphatic carbocycles. The van der Waals surface area contributed by atoms with Gasteiger partial charge < -0.3 is 19.4 Å². The smallest absolute Gasteiger partial charge is 0.306 e. The fraction of sp³-hybridized carbons (Fsp3) is 0.464. The fourth-order valence-electron chi connectivity index (χ4n) is 4.16. The van der Waals surface area contributed by atoms with Crippen molar-refractivity contribution in [2.24, 2.45) is 0 Å². The summed E-state index contributed by atoms with van der Waals surface area (Å²) in [6.07, 6.45) is 0.854. The number of benzene rings is 2. The highest BCUT2D eigenvalue weighted by Crippen LogP contribution is 2.42. The molecule has 0 radical (unpaired) electrons. The summed E-state index contributed by atoms with van der Waals surface area (Å²) < 4.78 is 32.5. The van der Waals surface area contributed by atoms with Gasteiger partial charge in [-0.25, -0.2) is 13.8 Å². The minimum atomic E-state index is -2.67. The number of carbonyl (C=O) groups excluding carboxylic acids is 2. The van der Waals surface area contributed by atoms with E-state index in [-0.39, 0.29) is 44.2 Å². The monoisotopic (exact) mass is 569 g/mol. The SMILES string of the molecule is C=O.CCC.CCOC(=O)CC(c1ccc(C)cc1)c1nc2c(Cl)c(N3CCC(F)(F)CC3)c(Cl)cc2[nH]1. The van der Waals surface area contributed by atoms with Crippen molar-refractivity contribution in [2.75, 3.05) is 24.6 Å². The Kier molecular flexibility index (Phi) is 12.0. The number of nitrogens with zero attached hydrogens (tertiary/aromatic N) is 2. The molecule has 2 aromatic carbocycles. The van der Waals surface area contributed by atoms with E-state index < -0.39 is 5.92 Å². The van der Waals surface area contributed by atoms with Gasteiger partial charge in [0.1, 0.15) is 18.1 Å². The van der Waals surface area contributed by atoms with Crippen molar-refractivity contribution in [3.05, 3.63) is 57.3 Å².